The fraction of sp³-hybridized carbons (Fsp3) is 0.458. The molecule has 5 rings (SSSR count). The molecule has 0 radical (unpaired) electrons. The predicted molar refractivity (Wildman–Crippen MR) is 119 cm³/mol. The molecule has 0 saturated heterocycles. The van der Waals surface area contributed by atoms with E-state index in [9.17, 15) is 8.78 Å². The SMILES string of the molecule is [2H]C([2H])(C1CCC(F)(F)CC1)n1cc(-c2cnn(CC)c2)c2ncc(-c3c(C)noc3C)cc21. The molecule has 0 bridgehead atoms. The van der Waals surface area contributed by atoms with Gasteiger partial charge in [0.25, 0.3) is 0 Å². The molecule has 0 unspecified atom stereocenters. The van der Waals surface area contributed by atoms with Crippen LogP contribution in [0.2, 0.25) is 0 Å². The van der Waals surface area contributed by atoms with Crippen LogP contribution in [0.1, 0.15) is 46.8 Å². The summed E-state index contributed by atoms with van der Waals surface area (Å²) < 4.78 is 54.4. The lowest BCUT2D eigenvalue weighted by atomic mass is 9.87. The molecule has 0 N–H and O–H groups in total. The van der Waals surface area contributed by atoms with Gasteiger partial charge in [-0.3, -0.25) is 9.67 Å². The number of fused-ring (bicyclic) bond motifs is 1. The van der Waals surface area contributed by atoms with E-state index in [0.717, 1.165) is 27.9 Å². The number of halogens is 2. The van der Waals surface area contributed by atoms with Crippen LogP contribution in [0.15, 0.2) is 35.4 Å². The summed E-state index contributed by atoms with van der Waals surface area (Å²) in [5.74, 6) is -2.60. The summed E-state index contributed by atoms with van der Waals surface area (Å²) in [4.78, 5) is 4.72. The Bertz CT molecular complexity index is 1330. The molecule has 4 aromatic heterocycles. The van der Waals surface area contributed by atoms with E-state index in [0.29, 0.717) is 23.3 Å². The summed E-state index contributed by atoms with van der Waals surface area (Å²) in [5.41, 5.74) is 5.12. The number of aromatic nitrogens is 5. The van der Waals surface area contributed by atoms with Gasteiger partial charge in [-0.15, -0.1) is 0 Å². The van der Waals surface area contributed by atoms with Gasteiger partial charge in [-0.1, -0.05) is 5.16 Å². The summed E-state index contributed by atoms with van der Waals surface area (Å²) >= 11 is 0. The molecule has 32 heavy (non-hydrogen) atoms. The lowest BCUT2D eigenvalue weighted by molar-refractivity contribution is -0.0472. The Morgan fingerprint density at radius 3 is 2.62 bits per heavy atom. The maximum atomic E-state index is 13.8. The summed E-state index contributed by atoms with van der Waals surface area (Å²) in [6, 6.07) is 1.89. The highest BCUT2D eigenvalue weighted by atomic mass is 19.3. The zero-order valence-corrected chi connectivity index (χ0v) is 18.4. The first-order chi connectivity index (χ1) is 16.1. The van der Waals surface area contributed by atoms with Crippen LogP contribution in [-0.2, 0) is 13.0 Å². The lowest BCUT2D eigenvalue weighted by Gasteiger charge is -2.28. The molecule has 0 atom stereocenters. The van der Waals surface area contributed by atoms with Crippen molar-refractivity contribution >= 4 is 11.0 Å². The van der Waals surface area contributed by atoms with Gasteiger partial charge in [0.2, 0.25) is 5.92 Å². The first-order valence-corrected chi connectivity index (χ1v) is 11.0. The smallest absolute Gasteiger partial charge is 0.248 e. The van der Waals surface area contributed by atoms with Crippen molar-refractivity contribution in [3.8, 4) is 22.3 Å². The number of alkyl halides is 2. The Labute approximate surface area is 188 Å². The Morgan fingerprint density at radius 2 is 1.97 bits per heavy atom. The average Bonchev–Trinajstić information content (AvgIpc) is 3.50. The van der Waals surface area contributed by atoms with E-state index >= 15 is 0 Å². The van der Waals surface area contributed by atoms with Crippen LogP contribution < -0.4 is 0 Å². The monoisotopic (exact) mass is 441 g/mol. The lowest BCUT2D eigenvalue weighted by Crippen LogP contribution is -2.26. The maximum absolute atomic E-state index is 13.8. The fourth-order valence-corrected chi connectivity index (χ4v) is 4.50. The molecular weight excluding hydrogens is 412 g/mol. The van der Waals surface area contributed by atoms with Crippen LogP contribution in [0, 0.1) is 19.8 Å². The number of hydrogen-bond acceptors (Lipinski definition) is 4. The van der Waals surface area contributed by atoms with Gasteiger partial charge < -0.3 is 9.09 Å². The highest BCUT2D eigenvalue weighted by molar-refractivity contribution is 5.94. The second kappa shape index (κ2) is 7.83. The Hall–Kier alpha value is -3.03. The maximum Gasteiger partial charge on any atom is 0.248 e. The minimum atomic E-state index is -2.72. The van der Waals surface area contributed by atoms with E-state index in [-0.39, 0.29) is 25.7 Å². The minimum Gasteiger partial charge on any atom is -0.361 e. The topological polar surface area (TPSA) is 61.7 Å². The van der Waals surface area contributed by atoms with Crippen molar-refractivity contribution in [1.29, 1.82) is 0 Å². The molecule has 0 spiro atoms. The molecule has 0 aliphatic heterocycles. The molecule has 0 aromatic carbocycles. The number of hydrogen-bond donors (Lipinski definition) is 0. The van der Waals surface area contributed by atoms with Crippen molar-refractivity contribution in [2.75, 3.05) is 0 Å². The number of aryl methyl sites for hydroxylation is 3. The van der Waals surface area contributed by atoms with Crippen molar-refractivity contribution in [3.63, 3.8) is 0 Å². The van der Waals surface area contributed by atoms with Crippen LogP contribution in [-0.4, -0.2) is 30.4 Å². The van der Waals surface area contributed by atoms with Gasteiger partial charge >= 0.3 is 0 Å². The highest BCUT2D eigenvalue weighted by Gasteiger charge is 2.35. The predicted octanol–water partition coefficient (Wildman–Crippen LogP) is 6.02. The highest BCUT2D eigenvalue weighted by Crippen LogP contribution is 2.39. The normalized spacial score (nSPS) is 18.2. The molecule has 1 saturated carbocycles. The van der Waals surface area contributed by atoms with E-state index in [1.54, 1.807) is 27.8 Å². The van der Waals surface area contributed by atoms with Crippen LogP contribution in [0.3, 0.4) is 0 Å². The zero-order valence-electron chi connectivity index (χ0n) is 20.4. The van der Waals surface area contributed by atoms with Crippen LogP contribution in [0.25, 0.3) is 33.3 Å². The molecule has 1 aliphatic rings. The van der Waals surface area contributed by atoms with Gasteiger partial charge in [-0.2, -0.15) is 5.10 Å². The number of pyridine rings is 1. The summed E-state index contributed by atoms with van der Waals surface area (Å²) in [5, 5.41) is 8.39. The standard InChI is InChI=1S/C24H27F2N5O/c1-4-31-13-19(11-28-31)20-14-30(12-17-5-7-24(25,26)8-6-17)21-9-18(10-27-23(20)21)22-15(2)29-32-16(22)3/h9-11,13-14,17H,4-8,12H2,1-3H3/i12D2. The fourth-order valence-electron chi connectivity index (χ4n) is 4.50. The zero-order chi connectivity index (χ0) is 24.3. The van der Waals surface area contributed by atoms with Crippen molar-refractivity contribution in [1.82, 2.24) is 24.5 Å². The third kappa shape index (κ3) is 3.72. The minimum absolute atomic E-state index is 0.125. The molecule has 4 aromatic rings. The molecule has 4 heterocycles. The number of rotatable bonds is 5. The van der Waals surface area contributed by atoms with E-state index in [4.69, 9.17) is 12.2 Å². The Kier molecular flexibility index (Phi) is 4.54. The third-order valence-electron chi connectivity index (χ3n) is 6.27. The molecule has 1 aliphatic carbocycles. The van der Waals surface area contributed by atoms with Crippen molar-refractivity contribution in [2.45, 2.75) is 65.4 Å². The molecule has 8 heteroatoms. The van der Waals surface area contributed by atoms with Gasteiger partial charge in [0.15, 0.2) is 0 Å². The number of nitrogens with zero attached hydrogens (tertiary/aromatic N) is 5. The van der Waals surface area contributed by atoms with Gasteiger partial charge in [0, 0.05) is 66.7 Å². The molecule has 1 fully saturated rings. The van der Waals surface area contributed by atoms with E-state index in [1.165, 1.54) is 0 Å². The quantitative estimate of drug-likeness (QED) is 0.380. The third-order valence-corrected chi connectivity index (χ3v) is 6.27. The van der Waals surface area contributed by atoms with Crippen molar-refractivity contribution in [3.05, 3.63) is 42.3 Å². The summed E-state index contributed by atoms with van der Waals surface area (Å²) in [7, 11) is 0. The first kappa shape index (κ1) is 18.5. The molecule has 6 nitrogen and oxygen atoms in total. The van der Waals surface area contributed by atoms with Gasteiger partial charge in [-0.25, -0.2) is 8.78 Å². The van der Waals surface area contributed by atoms with Crippen LogP contribution >= 0.6 is 0 Å². The average molecular weight is 442 g/mol. The Morgan fingerprint density at radius 1 is 1.19 bits per heavy atom. The molecular formula is C24H27F2N5O. The Balaban J connectivity index is 1.68. The second-order valence-electron chi connectivity index (χ2n) is 8.55. The second-order valence-corrected chi connectivity index (χ2v) is 8.55. The van der Waals surface area contributed by atoms with E-state index < -0.39 is 18.3 Å². The van der Waals surface area contributed by atoms with Crippen LogP contribution in [0.4, 0.5) is 8.78 Å². The molecule has 0 amide bonds. The van der Waals surface area contributed by atoms with Crippen molar-refractivity contribution in [2.24, 2.45) is 5.92 Å². The van der Waals surface area contributed by atoms with E-state index in [1.807, 2.05) is 33.0 Å². The van der Waals surface area contributed by atoms with Gasteiger partial charge in [0.1, 0.15) is 5.76 Å². The largest absolute Gasteiger partial charge is 0.361 e. The van der Waals surface area contributed by atoms with Crippen molar-refractivity contribution < 1.29 is 16.0 Å². The van der Waals surface area contributed by atoms with Gasteiger partial charge in [-0.05, 0) is 45.6 Å². The van der Waals surface area contributed by atoms with E-state index in [2.05, 4.69) is 10.3 Å². The summed E-state index contributed by atoms with van der Waals surface area (Å²) in [6.45, 7) is 4.50. The first-order valence-electron chi connectivity index (χ1n) is 12.0. The van der Waals surface area contributed by atoms with Crippen LogP contribution in [0.5, 0.6) is 0 Å². The molecule has 168 valence electrons. The van der Waals surface area contributed by atoms with Gasteiger partial charge in [0.05, 0.1) is 25.7 Å². The summed E-state index contributed by atoms with van der Waals surface area (Å²) in [6.07, 6.45) is 6.79.